The highest BCUT2D eigenvalue weighted by Gasteiger charge is 2.35. The lowest BCUT2D eigenvalue weighted by Gasteiger charge is -2.34. The number of halogens is 4. The maximum Gasteiger partial charge on any atom is 0.264 e. The van der Waals surface area contributed by atoms with Crippen molar-refractivity contribution >= 4 is 73.9 Å². The first-order valence-electron chi connectivity index (χ1n) is 14.5. The van der Waals surface area contributed by atoms with Crippen molar-refractivity contribution in [2.45, 2.75) is 50.2 Å². The summed E-state index contributed by atoms with van der Waals surface area (Å²) in [7, 11) is -4.32. The first-order chi connectivity index (χ1) is 21.9. The largest absolute Gasteiger partial charge is 0.352 e. The highest BCUT2D eigenvalue weighted by Crippen LogP contribution is 2.31. The molecule has 4 aromatic rings. The van der Waals surface area contributed by atoms with E-state index in [2.05, 4.69) is 5.32 Å². The summed E-state index contributed by atoms with van der Waals surface area (Å²) in [4.78, 5) is 29.8. The molecule has 242 valence electrons. The number of nitrogens with one attached hydrogen (secondary N) is 1. The van der Waals surface area contributed by atoms with Crippen LogP contribution < -0.4 is 9.62 Å². The Kier molecular flexibility index (Phi) is 12.4. The van der Waals surface area contributed by atoms with Crippen LogP contribution in [0.2, 0.25) is 20.1 Å². The van der Waals surface area contributed by atoms with Gasteiger partial charge in [-0.25, -0.2) is 8.42 Å². The van der Waals surface area contributed by atoms with Crippen LogP contribution >= 0.6 is 46.4 Å². The van der Waals surface area contributed by atoms with E-state index in [4.69, 9.17) is 46.4 Å². The third kappa shape index (κ3) is 8.96. The summed E-state index contributed by atoms with van der Waals surface area (Å²) >= 11 is 25.7. The Morgan fingerprint density at radius 1 is 0.804 bits per heavy atom. The third-order valence-electron chi connectivity index (χ3n) is 7.41. The van der Waals surface area contributed by atoms with E-state index in [0.29, 0.717) is 22.0 Å². The van der Waals surface area contributed by atoms with Crippen molar-refractivity contribution in [2.24, 2.45) is 0 Å². The van der Waals surface area contributed by atoms with Crippen molar-refractivity contribution in [3.63, 3.8) is 0 Å². The minimum atomic E-state index is -4.32. The van der Waals surface area contributed by atoms with E-state index in [9.17, 15) is 18.0 Å². The summed E-state index contributed by atoms with van der Waals surface area (Å²) in [6.45, 7) is 2.95. The van der Waals surface area contributed by atoms with Gasteiger partial charge in [0.1, 0.15) is 12.6 Å². The Hall–Kier alpha value is -3.27. The molecule has 46 heavy (non-hydrogen) atoms. The Labute approximate surface area is 290 Å². The van der Waals surface area contributed by atoms with Crippen LogP contribution in [0.15, 0.2) is 102 Å². The molecule has 0 aliphatic carbocycles. The summed E-state index contributed by atoms with van der Waals surface area (Å²) < 4.78 is 29.2. The van der Waals surface area contributed by atoms with Crippen LogP contribution in [-0.4, -0.2) is 43.8 Å². The highest BCUT2D eigenvalue weighted by atomic mass is 35.5. The Balaban J connectivity index is 1.86. The maximum absolute atomic E-state index is 14.6. The van der Waals surface area contributed by atoms with E-state index in [1.54, 1.807) is 36.4 Å². The molecular weight excluding hydrogens is 688 g/mol. The Morgan fingerprint density at radius 2 is 1.37 bits per heavy atom. The lowest BCUT2D eigenvalue weighted by Crippen LogP contribution is -2.54. The monoisotopic (exact) mass is 719 g/mol. The van der Waals surface area contributed by atoms with Crippen LogP contribution in [-0.2, 0) is 32.6 Å². The predicted octanol–water partition coefficient (Wildman–Crippen LogP) is 8.05. The molecule has 0 fully saturated rings. The van der Waals surface area contributed by atoms with Crippen LogP contribution in [0.5, 0.6) is 0 Å². The number of nitrogens with zero attached hydrogens (tertiary/aromatic N) is 2. The fraction of sp³-hybridized carbons (Fsp3) is 0.235. The van der Waals surface area contributed by atoms with Gasteiger partial charge in [-0.1, -0.05) is 108 Å². The minimum absolute atomic E-state index is 0.0463. The zero-order chi connectivity index (χ0) is 33.4. The second-order valence-corrected chi connectivity index (χ2v) is 14.2. The summed E-state index contributed by atoms with van der Waals surface area (Å²) in [6, 6.07) is 24.9. The number of benzene rings is 4. The Morgan fingerprint density at radius 3 is 1.93 bits per heavy atom. The lowest BCUT2D eigenvalue weighted by atomic mass is 10.0. The van der Waals surface area contributed by atoms with Crippen molar-refractivity contribution in [3.8, 4) is 0 Å². The molecule has 12 heteroatoms. The number of sulfonamides is 1. The highest BCUT2D eigenvalue weighted by molar-refractivity contribution is 7.92. The molecule has 0 aliphatic rings. The molecule has 2 amide bonds. The number of rotatable bonds is 13. The molecule has 2 unspecified atom stereocenters. The first kappa shape index (κ1) is 35.6. The molecule has 1 N–H and O–H groups in total. The Bertz CT molecular complexity index is 1740. The number of hydrogen-bond acceptors (Lipinski definition) is 4. The second-order valence-electron chi connectivity index (χ2n) is 10.7. The van der Waals surface area contributed by atoms with Gasteiger partial charge in [-0.15, -0.1) is 0 Å². The van der Waals surface area contributed by atoms with Gasteiger partial charge in [0.25, 0.3) is 10.0 Å². The van der Waals surface area contributed by atoms with Gasteiger partial charge in [0.2, 0.25) is 11.8 Å². The van der Waals surface area contributed by atoms with Crippen molar-refractivity contribution in [3.05, 3.63) is 128 Å². The van der Waals surface area contributed by atoms with Gasteiger partial charge in [-0.2, -0.15) is 0 Å². The number of hydrogen-bond donors (Lipinski definition) is 1. The fourth-order valence-corrected chi connectivity index (χ4v) is 7.23. The summed E-state index contributed by atoms with van der Waals surface area (Å²) in [6.07, 6.45) is 0.804. The van der Waals surface area contributed by atoms with E-state index in [-0.39, 0.29) is 39.6 Å². The number of amides is 2. The number of carbonyl (C=O) groups is 2. The van der Waals surface area contributed by atoms with E-state index in [0.717, 1.165) is 9.87 Å². The van der Waals surface area contributed by atoms with E-state index in [1.165, 1.54) is 35.2 Å². The van der Waals surface area contributed by atoms with E-state index < -0.39 is 34.4 Å². The molecular formula is C34H33Cl4N3O4S. The third-order valence-corrected chi connectivity index (χ3v) is 10.3. The fourth-order valence-electron chi connectivity index (χ4n) is 4.78. The molecule has 4 aromatic carbocycles. The van der Waals surface area contributed by atoms with Gasteiger partial charge in [0, 0.05) is 44.7 Å². The smallest absolute Gasteiger partial charge is 0.264 e. The van der Waals surface area contributed by atoms with Crippen LogP contribution in [0.25, 0.3) is 0 Å². The molecule has 0 aliphatic heterocycles. The predicted molar refractivity (Wildman–Crippen MR) is 186 cm³/mol. The molecule has 0 heterocycles. The normalized spacial score (nSPS) is 12.7. The van der Waals surface area contributed by atoms with Crippen LogP contribution in [0, 0.1) is 0 Å². The molecule has 0 saturated heterocycles. The number of anilines is 1. The molecule has 0 spiro atoms. The molecule has 0 radical (unpaired) electrons. The molecule has 0 bridgehead atoms. The molecule has 7 nitrogen and oxygen atoms in total. The summed E-state index contributed by atoms with van der Waals surface area (Å²) in [5.41, 5.74) is 1.29. The van der Waals surface area contributed by atoms with E-state index >= 15 is 0 Å². The first-order valence-corrected chi connectivity index (χ1v) is 17.5. The molecule has 4 rings (SSSR count). The van der Waals surface area contributed by atoms with Crippen LogP contribution in [0.4, 0.5) is 5.69 Å². The average molecular weight is 722 g/mol. The minimum Gasteiger partial charge on any atom is -0.352 e. The topological polar surface area (TPSA) is 86.8 Å². The van der Waals surface area contributed by atoms with E-state index in [1.807, 2.05) is 44.2 Å². The van der Waals surface area contributed by atoms with Crippen LogP contribution in [0.3, 0.4) is 0 Å². The number of carbonyl (C=O) groups excluding carboxylic acids is 2. The molecule has 0 aromatic heterocycles. The van der Waals surface area contributed by atoms with Gasteiger partial charge >= 0.3 is 0 Å². The molecule has 2 atom stereocenters. The maximum atomic E-state index is 14.6. The van der Waals surface area contributed by atoms with Gasteiger partial charge in [0.15, 0.2) is 0 Å². The summed E-state index contributed by atoms with van der Waals surface area (Å²) in [5.74, 6) is -1.08. The zero-order valence-corrected chi connectivity index (χ0v) is 29.0. The quantitative estimate of drug-likeness (QED) is 0.152. The van der Waals surface area contributed by atoms with Gasteiger partial charge in [-0.3, -0.25) is 13.9 Å². The van der Waals surface area contributed by atoms with Gasteiger partial charge < -0.3 is 10.2 Å². The zero-order valence-electron chi connectivity index (χ0n) is 25.2. The summed E-state index contributed by atoms with van der Waals surface area (Å²) in [5, 5.41) is 3.93. The molecule has 0 saturated carbocycles. The van der Waals surface area contributed by atoms with Crippen molar-refractivity contribution < 1.29 is 18.0 Å². The SMILES string of the molecule is CCC(C)NC(=O)C(Cc1ccccc1)N(Cc1c(Cl)cccc1Cl)C(=O)CN(c1cc(Cl)cc(Cl)c1)S(=O)(=O)c1ccccc1. The van der Waals surface area contributed by atoms with Gasteiger partial charge in [0.05, 0.1) is 10.6 Å². The van der Waals surface area contributed by atoms with Crippen molar-refractivity contribution in [2.75, 3.05) is 10.8 Å². The standard InChI is InChI=1S/C34H33Cl4N3O4S/c1-3-23(2)39-34(43)32(17-24-11-6-4-7-12-24)40(21-29-30(37)15-10-16-31(29)38)33(42)22-41(27-19-25(35)18-26(36)20-27)46(44,45)28-13-8-5-9-14-28/h4-16,18-20,23,32H,3,17,21-22H2,1-2H3,(H,39,43). The average Bonchev–Trinajstić information content (AvgIpc) is 3.02. The second kappa shape index (κ2) is 16.0. The van der Waals surface area contributed by atoms with Crippen LogP contribution in [0.1, 0.15) is 31.4 Å². The van der Waals surface area contributed by atoms with Crippen molar-refractivity contribution in [1.82, 2.24) is 10.2 Å². The van der Waals surface area contributed by atoms with Crippen molar-refractivity contribution in [1.29, 1.82) is 0 Å². The van der Waals surface area contributed by atoms with Gasteiger partial charge in [-0.05, 0) is 61.4 Å². The lowest BCUT2D eigenvalue weighted by molar-refractivity contribution is -0.140.